The van der Waals surface area contributed by atoms with Gasteiger partial charge in [-0.15, -0.1) is 11.3 Å². The quantitative estimate of drug-likeness (QED) is 0.201. The minimum absolute atomic E-state index is 1.17. The molecule has 150 valence electrons. The molecule has 1 aromatic heterocycles. The highest BCUT2D eigenvalue weighted by molar-refractivity contribution is 9.10. The van der Waals surface area contributed by atoms with Gasteiger partial charge in [0.15, 0.2) is 0 Å². The van der Waals surface area contributed by atoms with Gasteiger partial charge in [0.1, 0.15) is 0 Å². The summed E-state index contributed by atoms with van der Waals surface area (Å²) in [6.07, 6.45) is 0. The van der Waals surface area contributed by atoms with E-state index in [9.17, 15) is 0 Å². The Morgan fingerprint density at radius 3 is 1.78 bits per heavy atom. The maximum absolute atomic E-state index is 3.90. The third-order valence-corrected chi connectivity index (χ3v) is 8.47. The lowest BCUT2D eigenvalue weighted by atomic mass is 9.89. The summed E-state index contributed by atoms with van der Waals surface area (Å²) in [7, 11) is 0. The smallest absolute Gasteiger partial charge is 0.0362 e. The molecule has 0 aliphatic carbocycles. The molecule has 0 N–H and O–H groups in total. The molecule has 0 saturated carbocycles. The van der Waals surface area contributed by atoms with Crippen molar-refractivity contribution in [2.75, 3.05) is 0 Å². The van der Waals surface area contributed by atoms with Crippen LogP contribution in [0.15, 0.2) is 108 Å². The molecule has 0 radical (unpaired) electrons. The molecule has 0 fully saturated rings. The number of benzene rings is 6. The van der Waals surface area contributed by atoms with Crippen LogP contribution >= 0.6 is 27.3 Å². The Balaban J connectivity index is 1.71. The van der Waals surface area contributed by atoms with Crippen LogP contribution < -0.4 is 0 Å². The number of rotatable bonds is 1. The number of fused-ring (bicyclic) bond motifs is 6. The number of halogens is 1. The summed E-state index contributed by atoms with van der Waals surface area (Å²) in [4.78, 5) is 0. The Morgan fingerprint density at radius 2 is 1.09 bits per heavy atom. The van der Waals surface area contributed by atoms with Crippen LogP contribution in [0.4, 0.5) is 0 Å². The van der Waals surface area contributed by atoms with E-state index in [4.69, 9.17) is 0 Å². The molecular formula is C30H17BrS. The van der Waals surface area contributed by atoms with Gasteiger partial charge in [-0.05, 0) is 77.6 Å². The summed E-state index contributed by atoms with van der Waals surface area (Å²) in [5.74, 6) is 0. The molecule has 0 unspecified atom stereocenters. The average molecular weight is 489 g/mol. The first-order valence-electron chi connectivity index (χ1n) is 10.7. The van der Waals surface area contributed by atoms with Crippen LogP contribution in [0.5, 0.6) is 0 Å². The topological polar surface area (TPSA) is 0 Å². The first-order valence-corrected chi connectivity index (χ1v) is 12.3. The van der Waals surface area contributed by atoms with Gasteiger partial charge in [0.25, 0.3) is 0 Å². The van der Waals surface area contributed by atoms with Gasteiger partial charge in [-0.25, -0.2) is 0 Å². The summed E-state index contributed by atoms with van der Waals surface area (Å²) in [5, 5.41) is 10.4. The van der Waals surface area contributed by atoms with E-state index in [1.165, 1.54) is 68.1 Å². The second-order valence-corrected chi connectivity index (χ2v) is 10.1. The van der Waals surface area contributed by atoms with Crippen molar-refractivity contribution in [3.63, 3.8) is 0 Å². The van der Waals surface area contributed by atoms with E-state index in [0.717, 1.165) is 0 Å². The first kappa shape index (κ1) is 18.4. The van der Waals surface area contributed by atoms with Gasteiger partial charge in [-0.1, -0.05) is 84.9 Å². The van der Waals surface area contributed by atoms with Gasteiger partial charge >= 0.3 is 0 Å². The summed E-state index contributed by atoms with van der Waals surface area (Å²) < 4.78 is 3.85. The molecule has 7 rings (SSSR count). The molecular weight excluding hydrogens is 472 g/mol. The normalized spacial score (nSPS) is 11.9. The van der Waals surface area contributed by atoms with Crippen LogP contribution in [0.1, 0.15) is 0 Å². The lowest BCUT2D eigenvalue weighted by molar-refractivity contribution is 1.71. The molecule has 0 saturated heterocycles. The van der Waals surface area contributed by atoms with Crippen LogP contribution in [-0.2, 0) is 0 Å². The largest absolute Gasteiger partial charge is 0.135 e. The van der Waals surface area contributed by atoms with Gasteiger partial charge in [-0.3, -0.25) is 0 Å². The molecule has 0 aliphatic heterocycles. The zero-order valence-electron chi connectivity index (χ0n) is 17.1. The van der Waals surface area contributed by atoms with Crippen molar-refractivity contribution >= 4 is 79.8 Å². The molecule has 32 heavy (non-hydrogen) atoms. The molecule has 7 aromatic rings. The molecule has 0 amide bonds. The lowest BCUT2D eigenvalue weighted by Gasteiger charge is -2.15. The van der Waals surface area contributed by atoms with Crippen LogP contribution in [0.2, 0.25) is 0 Å². The van der Waals surface area contributed by atoms with Crippen molar-refractivity contribution in [3.8, 4) is 11.1 Å². The van der Waals surface area contributed by atoms with E-state index in [0.29, 0.717) is 0 Å². The summed E-state index contributed by atoms with van der Waals surface area (Å²) in [5.41, 5.74) is 2.63. The Labute approximate surface area is 197 Å². The van der Waals surface area contributed by atoms with Crippen LogP contribution in [-0.4, -0.2) is 0 Å². The van der Waals surface area contributed by atoms with Crippen molar-refractivity contribution in [1.82, 2.24) is 0 Å². The Kier molecular flexibility index (Phi) is 3.96. The predicted molar refractivity (Wildman–Crippen MR) is 145 cm³/mol. The van der Waals surface area contributed by atoms with E-state index in [1.807, 2.05) is 11.3 Å². The maximum atomic E-state index is 3.90. The van der Waals surface area contributed by atoms with Gasteiger partial charge in [0, 0.05) is 24.6 Å². The number of thiophene rings is 1. The SMILES string of the molecule is Brc1c2ccccc2c(-c2cccc3sc4cc5ccccc5cc4c23)c2ccccc12. The Morgan fingerprint density at radius 1 is 0.500 bits per heavy atom. The first-order chi connectivity index (χ1) is 15.8. The van der Waals surface area contributed by atoms with Gasteiger partial charge < -0.3 is 0 Å². The van der Waals surface area contributed by atoms with Crippen molar-refractivity contribution in [2.45, 2.75) is 0 Å². The Hall–Kier alpha value is -3.20. The fourth-order valence-electron chi connectivity index (χ4n) is 5.09. The highest BCUT2D eigenvalue weighted by Gasteiger charge is 2.18. The van der Waals surface area contributed by atoms with Crippen molar-refractivity contribution in [2.24, 2.45) is 0 Å². The van der Waals surface area contributed by atoms with Gasteiger partial charge in [-0.2, -0.15) is 0 Å². The number of hydrogen-bond acceptors (Lipinski definition) is 1. The average Bonchev–Trinajstić information content (AvgIpc) is 3.21. The van der Waals surface area contributed by atoms with Crippen molar-refractivity contribution in [1.29, 1.82) is 0 Å². The zero-order chi connectivity index (χ0) is 21.2. The summed E-state index contributed by atoms with van der Waals surface area (Å²) in [6, 6.07) is 37.6. The maximum Gasteiger partial charge on any atom is 0.0362 e. The van der Waals surface area contributed by atoms with Gasteiger partial charge in [0.2, 0.25) is 0 Å². The van der Waals surface area contributed by atoms with E-state index >= 15 is 0 Å². The van der Waals surface area contributed by atoms with E-state index in [2.05, 4.69) is 119 Å². The summed E-state index contributed by atoms with van der Waals surface area (Å²) >= 11 is 5.79. The Bertz CT molecular complexity index is 1780. The van der Waals surface area contributed by atoms with E-state index < -0.39 is 0 Å². The molecule has 0 bridgehead atoms. The molecule has 0 nitrogen and oxygen atoms in total. The lowest BCUT2D eigenvalue weighted by Crippen LogP contribution is -1.88. The number of hydrogen-bond donors (Lipinski definition) is 0. The molecule has 2 heteroatoms. The predicted octanol–water partition coefficient (Wildman–Crippen LogP) is 9.94. The zero-order valence-corrected chi connectivity index (χ0v) is 19.5. The van der Waals surface area contributed by atoms with Crippen LogP contribution in [0.3, 0.4) is 0 Å². The molecule has 0 atom stereocenters. The minimum Gasteiger partial charge on any atom is -0.135 e. The van der Waals surface area contributed by atoms with Crippen LogP contribution in [0.25, 0.3) is 63.6 Å². The molecule has 1 heterocycles. The van der Waals surface area contributed by atoms with Crippen LogP contribution in [0, 0.1) is 0 Å². The highest BCUT2D eigenvalue weighted by Crippen LogP contribution is 2.47. The van der Waals surface area contributed by atoms with E-state index in [1.54, 1.807) is 0 Å². The third kappa shape index (κ3) is 2.54. The van der Waals surface area contributed by atoms with Gasteiger partial charge in [0.05, 0.1) is 0 Å². The fourth-order valence-corrected chi connectivity index (χ4v) is 6.94. The second-order valence-electron chi connectivity index (χ2n) is 8.26. The molecule has 0 spiro atoms. The minimum atomic E-state index is 1.17. The van der Waals surface area contributed by atoms with E-state index in [-0.39, 0.29) is 0 Å². The van der Waals surface area contributed by atoms with Crippen molar-refractivity contribution < 1.29 is 0 Å². The summed E-state index contributed by atoms with van der Waals surface area (Å²) in [6.45, 7) is 0. The monoisotopic (exact) mass is 488 g/mol. The third-order valence-electron chi connectivity index (χ3n) is 6.50. The highest BCUT2D eigenvalue weighted by atomic mass is 79.9. The molecule has 6 aromatic carbocycles. The van der Waals surface area contributed by atoms with Crippen molar-refractivity contribution in [3.05, 3.63) is 108 Å². The molecule has 0 aliphatic rings. The fraction of sp³-hybridized carbons (Fsp3) is 0. The second kappa shape index (κ2) is 6.90. The standard InChI is InChI=1S/C30H17BrS/c31-30-22-12-5-3-10-20(22)28(21-11-4-6-13-23(21)30)24-14-7-15-26-29(24)25-16-18-8-1-2-9-19(18)17-27(25)32-26/h1-17H.